The molecule has 0 spiro atoms. The first kappa shape index (κ1) is 13.3. The second kappa shape index (κ2) is 5.05. The predicted octanol–water partition coefficient (Wildman–Crippen LogP) is 2.04. The standard InChI is InChI=1S/C9H10Cl2N2O2S/c1-2-3-13-16(14,15)9-7(10)4-6(12)5-8(9)11/h2,4-5,13H,1,3,12H2. The van der Waals surface area contributed by atoms with E-state index in [9.17, 15) is 8.42 Å². The van der Waals surface area contributed by atoms with Crippen LogP contribution in [0.1, 0.15) is 0 Å². The zero-order valence-corrected chi connectivity index (χ0v) is 10.5. The van der Waals surface area contributed by atoms with E-state index in [-0.39, 0.29) is 21.5 Å². The molecule has 0 aliphatic carbocycles. The van der Waals surface area contributed by atoms with Crippen LogP contribution in [0.5, 0.6) is 0 Å². The van der Waals surface area contributed by atoms with Gasteiger partial charge in [-0.25, -0.2) is 13.1 Å². The third kappa shape index (κ3) is 2.89. The van der Waals surface area contributed by atoms with Crippen LogP contribution in [0.25, 0.3) is 0 Å². The molecule has 16 heavy (non-hydrogen) atoms. The predicted molar refractivity (Wildman–Crippen MR) is 66.3 cm³/mol. The SMILES string of the molecule is C=CCNS(=O)(=O)c1c(Cl)cc(N)cc1Cl. The lowest BCUT2D eigenvalue weighted by atomic mass is 10.3. The Morgan fingerprint density at radius 2 is 1.88 bits per heavy atom. The van der Waals surface area contributed by atoms with E-state index in [1.54, 1.807) is 0 Å². The highest BCUT2D eigenvalue weighted by molar-refractivity contribution is 7.89. The first-order valence-corrected chi connectivity index (χ1v) is 6.47. The average molecular weight is 281 g/mol. The van der Waals surface area contributed by atoms with E-state index in [1.807, 2.05) is 0 Å². The van der Waals surface area contributed by atoms with Crippen molar-refractivity contribution in [2.75, 3.05) is 12.3 Å². The van der Waals surface area contributed by atoms with Crippen LogP contribution in [0.4, 0.5) is 5.69 Å². The van der Waals surface area contributed by atoms with Crippen molar-refractivity contribution in [1.82, 2.24) is 4.72 Å². The number of sulfonamides is 1. The lowest BCUT2D eigenvalue weighted by molar-refractivity contribution is 0.586. The zero-order valence-electron chi connectivity index (χ0n) is 8.20. The summed E-state index contributed by atoms with van der Waals surface area (Å²) in [7, 11) is -3.74. The van der Waals surface area contributed by atoms with Crippen LogP contribution in [-0.4, -0.2) is 15.0 Å². The quantitative estimate of drug-likeness (QED) is 0.655. The van der Waals surface area contributed by atoms with Gasteiger partial charge in [0.15, 0.2) is 0 Å². The van der Waals surface area contributed by atoms with Crippen molar-refractivity contribution in [3.05, 3.63) is 34.8 Å². The van der Waals surface area contributed by atoms with E-state index in [1.165, 1.54) is 18.2 Å². The molecule has 0 bridgehead atoms. The van der Waals surface area contributed by atoms with Gasteiger partial charge in [0.05, 0.1) is 10.0 Å². The summed E-state index contributed by atoms with van der Waals surface area (Å²) < 4.78 is 25.8. The first-order chi connectivity index (χ1) is 7.38. The number of rotatable bonds is 4. The molecule has 0 aliphatic rings. The molecule has 0 unspecified atom stereocenters. The molecule has 0 aliphatic heterocycles. The molecule has 0 amide bonds. The van der Waals surface area contributed by atoms with Crippen molar-refractivity contribution >= 4 is 38.9 Å². The van der Waals surface area contributed by atoms with E-state index in [0.717, 1.165) is 0 Å². The molecule has 88 valence electrons. The smallest absolute Gasteiger partial charge is 0.243 e. The van der Waals surface area contributed by atoms with Gasteiger partial charge in [0.2, 0.25) is 10.0 Å². The summed E-state index contributed by atoms with van der Waals surface area (Å²) in [6.45, 7) is 3.50. The largest absolute Gasteiger partial charge is 0.399 e. The van der Waals surface area contributed by atoms with Gasteiger partial charge in [0.1, 0.15) is 4.90 Å². The Bertz CT molecular complexity index is 491. The molecule has 0 radical (unpaired) electrons. The molecule has 0 atom stereocenters. The van der Waals surface area contributed by atoms with E-state index in [2.05, 4.69) is 11.3 Å². The summed E-state index contributed by atoms with van der Waals surface area (Å²) in [5, 5.41) is -0.0249. The maximum atomic E-state index is 11.8. The topological polar surface area (TPSA) is 72.2 Å². The highest BCUT2D eigenvalue weighted by Crippen LogP contribution is 2.31. The van der Waals surface area contributed by atoms with E-state index in [4.69, 9.17) is 28.9 Å². The third-order valence-corrected chi connectivity index (χ3v) is 4.05. The van der Waals surface area contributed by atoms with Gasteiger partial charge in [-0.1, -0.05) is 29.3 Å². The van der Waals surface area contributed by atoms with E-state index in [0.29, 0.717) is 5.69 Å². The van der Waals surface area contributed by atoms with Crippen LogP contribution in [0, 0.1) is 0 Å². The molecular weight excluding hydrogens is 271 g/mol. The fourth-order valence-electron chi connectivity index (χ4n) is 1.08. The fourth-order valence-corrected chi connectivity index (χ4v) is 3.30. The van der Waals surface area contributed by atoms with Gasteiger partial charge in [-0.3, -0.25) is 0 Å². The fraction of sp³-hybridized carbons (Fsp3) is 0.111. The summed E-state index contributed by atoms with van der Waals surface area (Å²) in [5.41, 5.74) is 5.77. The number of hydrogen-bond acceptors (Lipinski definition) is 3. The summed E-state index contributed by atoms with van der Waals surface area (Å²) in [6, 6.07) is 2.66. The van der Waals surface area contributed by atoms with E-state index < -0.39 is 10.0 Å². The van der Waals surface area contributed by atoms with Crippen molar-refractivity contribution < 1.29 is 8.42 Å². The maximum Gasteiger partial charge on any atom is 0.243 e. The van der Waals surface area contributed by atoms with Crippen LogP contribution in [-0.2, 0) is 10.0 Å². The lowest BCUT2D eigenvalue weighted by Gasteiger charge is -2.09. The van der Waals surface area contributed by atoms with Crippen LogP contribution < -0.4 is 10.5 Å². The molecule has 0 saturated heterocycles. The van der Waals surface area contributed by atoms with Crippen LogP contribution in [0.15, 0.2) is 29.7 Å². The first-order valence-electron chi connectivity index (χ1n) is 4.23. The van der Waals surface area contributed by atoms with E-state index >= 15 is 0 Å². The van der Waals surface area contributed by atoms with Crippen LogP contribution in [0.2, 0.25) is 10.0 Å². The minimum absolute atomic E-state index is 0.0124. The molecule has 1 aromatic carbocycles. The molecule has 1 rings (SSSR count). The van der Waals surface area contributed by atoms with Gasteiger partial charge in [0.25, 0.3) is 0 Å². The highest BCUT2D eigenvalue weighted by atomic mass is 35.5. The Balaban J connectivity index is 3.28. The summed E-state index contributed by atoms with van der Waals surface area (Å²) >= 11 is 11.6. The monoisotopic (exact) mass is 280 g/mol. The van der Waals surface area contributed by atoms with Crippen molar-refractivity contribution in [1.29, 1.82) is 0 Å². The summed E-state index contributed by atoms with van der Waals surface area (Å²) in [5.74, 6) is 0. The molecule has 7 heteroatoms. The summed E-state index contributed by atoms with van der Waals surface area (Å²) in [4.78, 5) is -0.174. The van der Waals surface area contributed by atoms with Crippen molar-refractivity contribution in [2.24, 2.45) is 0 Å². The normalized spacial score (nSPS) is 11.4. The lowest BCUT2D eigenvalue weighted by Crippen LogP contribution is -2.24. The second-order valence-corrected chi connectivity index (χ2v) is 5.47. The van der Waals surface area contributed by atoms with Gasteiger partial charge in [0, 0.05) is 12.2 Å². The third-order valence-electron chi connectivity index (χ3n) is 1.71. The minimum Gasteiger partial charge on any atom is -0.399 e. The second-order valence-electron chi connectivity index (χ2n) is 2.95. The number of nitrogen functional groups attached to an aromatic ring is 1. The van der Waals surface area contributed by atoms with Crippen molar-refractivity contribution in [2.45, 2.75) is 4.90 Å². The van der Waals surface area contributed by atoms with Gasteiger partial charge >= 0.3 is 0 Å². The molecule has 4 nitrogen and oxygen atoms in total. The Labute approximate surface area is 104 Å². The van der Waals surface area contributed by atoms with Gasteiger partial charge in [-0.05, 0) is 12.1 Å². The zero-order chi connectivity index (χ0) is 12.3. The maximum absolute atomic E-state index is 11.8. The Kier molecular flexibility index (Phi) is 4.21. The molecule has 0 saturated carbocycles. The Hall–Kier alpha value is -0.750. The Morgan fingerprint density at radius 1 is 1.38 bits per heavy atom. The number of anilines is 1. The average Bonchev–Trinajstić information content (AvgIpc) is 2.12. The number of nitrogens with one attached hydrogen (secondary N) is 1. The molecule has 1 aromatic rings. The van der Waals surface area contributed by atoms with Crippen LogP contribution in [0.3, 0.4) is 0 Å². The minimum atomic E-state index is -3.74. The molecule has 0 fully saturated rings. The number of halogens is 2. The highest BCUT2D eigenvalue weighted by Gasteiger charge is 2.21. The van der Waals surface area contributed by atoms with Crippen LogP contribution >= 0.6 is 23.2 Å². The molecule has 0 heterocycles. The van der Waals surface area contributed by atoms with Gasteiger partial charge in [-0.2, -0.15) is 0 Å². The van der Waals surface area contributed by atoms with Gasteiger partial charge < -0.3 is 5.73 Å². The number of nitrogens with two attached hydrogens (primary N) is 1. The molecule has 3 N–H and O–H groups in total. The number of hydrogen-bond donors (Lipinski definition) is 2. The molecular formula is C9H10Cl2N2O2S. The number of benzene rings is 1. The summed E-state index contributed by atoms with van der Waals surface area (Å²) in [6.07, 6.45) is 1.41. The van der Waals surface area contributed by atoms with Gasteiger partial charge in [-0.15, -0.1) is 6.58 Å². The van der Waals surface area contributed by atoms with Crippen molar-refractivity contribution in [3.63, 3.8) is 0 Å². The Morgan fingerprint density at radius 3 is 2.31 bits per heavy atom. The van der Waals surface area contributed by atoms with Crippen molar-refractivity contribution in [3.8, 4) is 0 Å². The molecule has 0 aromatic heterocycles.